The lowest BCUT2D eigenvalue weighted by atomic mass is 10.3. The van der Waals surface area contributed by atoms with Crippen molar-refractivity contribution in [2.45, 2.75) is 20.3 Å². The molecule has 0 amide bonds. The topological polar surface area (TPSA) is 37.8 Å². The highest BCUT2D eigenvalue weighted by Crippen LogP contribution is 2.31. The molecule has 2 heterocycles. The molecule has 0 spiro atoms. The van der Waals surface area contributed by atoms with Crippen LogP contribution in [0.25, 0.3) is 10.7 Å². The Bertz CT molecular complexity index is 556. The van der Waals surface area contributed by atoms with Gasteiger partial charge < -0.3 is 5.32 Å². The average molecular weight is 347 g/mol. The molecular weight excluding hydrogens is 334 g/mol. The molecule has 2 rings (SSSR count). The SMILES string of the molecule is CCCNc1nc(-c2cc(Cl)cs2)nc(C)c1Br. The number of hydrogen-bond acceptors (Lipinski definition) is 4. The van der Waals surface area contributed by atoms with Crippen LogP contribution >= 0.6 is 38.9 Å². The van der Waals surface area contributed by atoms with Gasteiger partial charge in [0, 0.05) is 11.9 Å². The lowest BCUT2D eigenvalue weighted by Crippen LogP contribution is -2.05. The molecule has 1 N–H and O–H groups in total. The van der Waals surface area contributed by atoms with E-state index in [0.29, 0.717) is 5.82 Å². The van der Waals surface area contributed by atoms with Crippen LogP contribution in [0.2, 0.25) is 5.02 Å². The van der Waals surface area contributed by atoms with E-state index in [4.69, 9.17) is 11.6 Å². The van der Waals surface area contributed by atoms with Gasteiger partial charge in [0.15, 0.2) is 5.82 Å². The summed E-state index contributed by atoms with van der Waals surface area (Å²) in [5.41, 5.74) is 0.920. The lowest BCUT2D eigenvalue weighted by molar-refractivity contribution is 0.959. The smallest absolute Gasteiger partial charge is 0.171 e. The summed E-state index contributed by atoms with van der Waals surface area (Å²) in [6.07, 6.45) is 1.05. The minimum absolute atomic E-state index is 0.714. The first-order valence-electron chi connectivity index (χ1n) is 5.64. The fraction of sp³-hybridized carbons (Fsp3) is 0.333. The average Bonchev–Trinajstić information content (AvgIpc) is 2.77. The molecule has 0 unspecified atom stereocenters. The Morgan fingerprint density at radius 1 is 1.44 bits per heavy atom. The number of aryl methyl sites for hydroxylation is 1. The maximum atomic E-state index is 5.93. The molecule has 0 atom stereocenters. The van der Waals surface area contributed by atoms with E-state index in [1.54, 1.807) is 11.3 Å². The maximum absolute atomic E-state index is 5.93. The zero-order valence-corrected chi connectivity index (χ0v) is 13.3. The van der Waals surface area contributed by atoms with Gasteiger partial charge in [-0.25, -0.2) is 9.97 Å². The molecule has 6 heteroatoms. The van der Waals surface area contributed by atoms with Crippen LogP contribution in [0.15, 0.2) is 15.9 Å². The summed E-state index contributed by atoms with van der Waals surface area (Å²) in [5.74, 6) is 1.55. The summed E-state index contributed by atoms with van der Waals surface area (Å²) in [7, 11) is 0. The molecule has 0 aliphatic heterocycles. The highest BCUT2D eigenvalue weighted by atomic mass is 79.9. The second-order valence-electron chi connectivity index (χ2n) is 3.85. The van der Waals surface area contributed by atoms with Gasteiger partial charge in [0.2, 0.25) is 0 Å². The molecule has 0 saturated carbocycles. The van der Waals surface area contributed by atoms with Crippen LogP contribution < -0.4 is 5.32 Å². The molecule has 0 aliphatic rings. The van der Waals surface area contributed by atoms with Crippen molar-refractivity contribution in [2.75, 3.05) is 11.9 Å². The van der Waals surface area contributed by atoms with Gasteiger partial charge in [0.1, 0.15) is 5.82 Å². The molecule has 2 aromatic heterocycles. The molecule has 96 valence electrons. The molecule has 0 aliphatic carbocycles. The van der Waals surface area contributed by atoms with E-state index < -0.39 is 0 Å². The number of aromatic nitrogens is 2. The number of thiophene rings is 1. The quantitative estimate of drug-likeness (QED) is 0.868. The standard InChI is InChI=1S/C12H13BrClN3S/c1-3-4-15-12-10(13)7(2)16-11(17-12)9-5-8(14)6-18-9/h5-6H,3-4H2,1-2H3,(H,15,16,17). The first kappa shape index (κ1) is 13.8. The number of rotatable bonds is 4. The number of anilines is 1. The summed E-state index contributed by atoms with van der Waals surface area (Å²) in [5, 5.41) is 5.90. The van der Waals surface area contributed by atoms with Crippen LogP contribution in [-0.2, 0) is 0 Å². The van der Waals surface area contributed by atoms with Gasteiger partial charge in [0.05, 0.1) is 20.1 Å². The van der Waals surface area contributed by atoms with Crippen molar-refractivity contribution in [2.24, 2.45) is 0 Å². The van der Waals surface area contributed by atoms with Crippen LogP contribution in [0.5, 0.6) is 0 Å². The van der Waals surface area contributed by atoms with Gasteiger partial charge in [-0.3, -0.25) is 0 Å². The molecule has 0 radical (unpaired) electrons. The monoisotopic (exact) mass is 345 g/mol. The Balaban J connectivity index is 2.40. The summed E-state index contributed by atoms with van der Waals surface area (Å²) < 4.78 is 0.919. The van der Waals surface area contributed by atoms with E-state index in [-0.39, 0.29) is 0 Å². The Morgan fingerprint density at radius 3 is 2.83 bits per heavy atom. The summed E-state index contributed by atoms with van der Waals surface area (Å²) in [4.78, 5) is 10.00. The fourth-order valence-corrected chi connectivity index (χ4v) is 2.78. The maximum Gasteiger partial charge on any atom is 0.171 e. The summed E-state index contributed by atoms with van der Waals surface area (Å²) >= 11 is 11.0. The van der Waals surface area contributed by atoms with E-state index in [9.17, 15) is 0 Å². The molecule has 0 fully saturated rings. The van der Waals surface area contributed by atoms with Crippen molar-refractivity contribution < 1.29 is 0 Å². The van der Waals surface area contributed by atoms with E-state index >= 15 is 0 Å². The lowest BCUT2D eigenvalue weighted by Gasteiger charge is -2.09. The first-order chi connectivity index (χ1) is 8.61. The van der Waals surface area contributed by atoms with E-state index in [1.165, 1.54) is 0 Å². The Kier molecular flexibility index (Phi) is 4.59. The third-order valence-corrected chi connectivity index (χ3v) is 4.57. The zero-order chi connectivity index (χ0) is 13.1. The molecule has 0 saturated heterocycles. The first-order valence-corrected chi connectivity index (χ1v) is 7.69. The van der Waals surface area contributed by atoms with Gasteiger partial charge >= 0.3 is 0 Å². The molecule has 0 aromatic carbocycles. The Hall–Kier alpha value is -0.650. The van der Waals surface area contributed by atoms with Gasteiger partial charge in [-0.05, 0) is 35.3 Å². The third kappa shape index (κ3) is 3.02. The number of halogens is 2. The second-order valence-corrected chi connectivity index (χ2v) is 5.99. The van der Waals surface area contributed by atoms with Crippen molar-refractivity contribution in [3.05, 3.63) is 26.6 Å². The minimum Gasteiger partial charge on any atom is -0.369 e. The van der Waals surface area contributed by atoms with Crippen LogP contribution in [0.1, 0.15) is 19.0 Å². The Labute approximate surface area is 124 Å². The molecule has 18 heavy (non-hydrogen) atoms. The van der Waals surface area contributed by atoms with E-state index in [0.717, 1.165) is 38.8 Å². The predicted octanol–water partition coefficient (Wildman–Crippen LogP) is 4.75. The highest BCUT2D eigenvalue weighted by Gasteiger charge is 2.11. The fourth-order valence-electron chi connectivity index (χ4n) is 1.46. The van der Waals surface area contributed by atoms with Crippen LogP contribution in [-0.4, -0.2) is 16.5 Å². The van der Waals surface area contributed by atoms with Crippen molar-refractivity contribution in [3.8, 4) is 10.7 Å². The molecule has 2 aromatic rings. The van der Waals surface area contributed by atoms with Gasteiger partial charge in [-0.2, -0.15) is 0 Å². The Morgan fingerprint density at radius 2 is 2.22 bits per heavy atom. The van der Waals surface area contributed by atoms with Crippen molar-refractivity contribution in [3.63, 3.8) is 0 Å². The number of hydrogen-bond donors (Lipinski definition) is 1. The summed E-state index contributed by atoms with van der Waals surface area (Å²) in [6.45, 7) is 4.97. The van der Waals surface area contributed by atoms with Crippen molar-refractivity contribution in [1.82, 2.24) is 9.97 Å². The third-order valence-electron chi connectivity index (χ3n) is 2.35. The molecular formula is C12H13BrClN3S. The van der Waals surface area contributed by atoms with Crippen LogP contribution in [0, 0.1) is 6.92 Å². The van der Waals surface area contributed by atoms with Crippen LogP contribution in [0.3, 0.4) is 0 Å². The van der Waals surface area contributed by atoms with Crippen molar-refractivity contribution >= 4 is 44.7 Å². The van der Waals surface area contributed by atoms with Gasteiger partial charge in [-0.1, -0.05) is 18.5 Å². The predicted molar refractivity (Wildman–Crippen MR) is 81.6 cm³/mol. The van der Waals surface area contributed by atoms with E-state index in [1.807, 2.05) is 18.4 Å². The second kappa shape index (κ2) is 5.99. The van der Waals surface area contributed by atoms with E-state index in [2.05, 4.69) is 38.1 Å². The zero-order valence-electron chi connectivity index (χ0n) is 10.1. The largest absolute Gasteiger partial charge is 0.369 e. The highest BCUT2D eigenvalue weighted by molar-refractivity contribution is 9.10. The van der Waals surface area contributed by atoms with Crippen LogP contribution in [0.4, 0.5) is 5.82 Å². The molecule has 0 bridgehead atoms. The molecule has 3 nitrogen and oxygen atoms in total. The summed E-state index contributed by atoms with van der Waals surface area (Å²) in [6, 6.07) is 1.89. The van der Waals surface area contributed by atoms with Crippen molar-refractivity contribution in [1.29, 1.82) is 0 Å². The number of nitrogens with zero attached hydrogens (tertiary/aromatic N) is 2. The van der Waals surface area contributed by atoms with Gasteiger partial charge in [-0.15, -0.1) is 11.3 Å². The number of nitrogens with one attached hydrogen (secondary N) is 1. The minimum atomic E-state index is 0.714. The van der Waals surface area contributed by atoms with Gasteiger partial charge in [0.25, 0.3) is 0 Å². The normalized spacial score (nSPS) is 10.7.